The number of hydrogen-bond donors (Lipinski definition) is 2. The minimum absolute atomic E-state index is 0.971. The van der Waals surface area contributed by atoms with Crippen molar-refractivity contribution >= 4 is 11.5 Å². The number of hydrogen-bond acceptors (Lipinski definition) is 3. The number of nitrogens with zero attached hydrogens (tertiary/aromatic N) is 1. The second-order valence-corrected chi connectivity index (χ2v) is 4.87. The highest BCUT2D eigenvalue weighted by Gasteiger charge is 2.19. The number of pyridine rings is 1. The summed E-state index contributed by atoms with van der Waals surface area (Å²) in [5, 5.41) is 6.77. The first kappa shape index (κ1) is 12.2. The van der Waals surface area contributed by atoms with Gasteiger partial charge in [-0.2, -0.15) is 0 Å². The number of anilines is 2. The van der Waals surface area contributed by atoms with Gasteiger partial charge in [-0.1, -0.05) is 19.8 Å². The van der Waals surface area contributed by atoms with E-state index in [0.717, 1.165) is 31.2 Å². The third kappa shape index (κ3) is 4.63. The maximum Gasteiger partial charge on any atom is 0.127 e. The van der Waals surface area contributed by atoms with Gasteiger partial charge >= 0.3 is 0 Å². The second-order valence-electron chi connectivity index (χ2n) is 4.87. The van der Waals surface area contributed by atoms with E-state index in [4.69, 9.17) is 0 Å². The van der Waals surface area contributed by atoms with Gasteiger partial charge in [-0.15, -0.1) is 0 Å². The minimum Gasteiger partial charge on any atom is -0.385 e. The Labute approximate surface area is 104 Å². The van der Waals surface area contributed by atoms with E-state index in [9.17, 15) is 0 Å². The van der Waals surface area contributed by atoms with Crippen LogP contribution in [0, 0.1) is 5.92 Å². The Morgan fingerprint density at radius 3 is 2.94 bits per heavy atom. The first-order valence-electron chi connectivity index (χ1n) is 6.82. The summed E-state index contributed by atoms with van der Waals surface area (Å²) in [5.41, 5.74) is 1.18. The largest absolute Gasteiger partial charge is 0.385 e. The zero-order chi connectivity index (χ0) is 11.9. The van der Waals surface area contributed by atoms with Crippen LogP contribution < -0.4 is 10.6 Å². The van der Waals surface area contributed by atoms with Crippen molar-refractivity contribution in [2.45, 2.75) is 39.0 Å². The zero-order valence-corrected chi connectivity index (χ0v) is 10.7. The highest BCUT2D eigenvalue weighted by molar-refractivity contribution is 5.51. The molecule has 3 heteroatoms. The molecule has 0 unspecified atom stereocenters. The Balaban J connectivity index is 1.70. The predicted molar refractivity (Wildman–Crippen MR) is 73.5 cm³/mol. The van der Waals surface area contributed by atoms with Crippen molar-refractivity contribution in [1.29, 1.82) is 0 Å². The highest BCUT2D eigenvalue weighted by atomic mass is 15.0. The molecule has 1 aromatic rings. The van der Waals surface area contributed by atoms with E-state index < -0.39 is 0 Å². The smallest absolute Gasteiger partial charge is 0.127 e. The lowest BCUT2D eigenvalue weighted by atomic mass is 10.2. The van der Waals surface area contributed by atoms with Gasteiger partial charge in [0, 0.05) is 31.0 Å². The third-order valence-corrected chi connectivity index (χ3v) is 3.13. The van der Waals surface area contributed by atoms with Crippen LogP contribution in [0.15, 0.2) is 18.3 Å². The fraction of sp³-hybridized carbons (Fsp3) is 0.643. The van der Waals surface area contributed by atoms with Gasteiger partial charge in [-0.3, -0.25) is 0 Å². The Morgan fingerprint density at radius 2 is 2.18 bits per heavy atom. The topological polar surface area (TPSA) is 37.0 Å². The van der Waals surface area contributed by atoms with E-state index in [0.29, 0.717) is 0 Å². The Bertz CT molecular complexity index is 334. The lowest BCUT2D eigenvalue weighted by Gasteiger charge is -2.08. The zero-order valence-electron chi connectivity index (χ0n) is 10.7. The monoisotopic (exact) mass is 233 g/mol. The van der Waals surface area contributed by atoms with E-state index in [-0.39, 0.29) is 0 Å². The number of aromatic nitrogens is 1. The van der Waals surface area contributed by atoms with Crippen molar-refractivity contribution in [3.63, 3.8) is 0 Å². The molecular formula is C14H23N3. The summed E-state index contributed by atoms with van der Waals surface area (Å²) in [6.45, 7) is 4.22. The van der Waals surface area contributed by atoms with Gasteiger partial charge < -0.3 is 10.6 Å². The molecule has 1 heterocycles. The normalized spacial score (nSPS) is 14.6. The molecule has 0 spiro atoms. The van der Waals surface area contributed by atoms with Crippen LogP contribution >= 0.6 is 0 Å². The molecule has 0 aliphatic heterocycles. The molecule has 1 aliphatic rings. The predicted octanol–water partition coefficient (Wildman–Crippen LogP) is 3.51. The quantitative estimate of drug-likeness (QED) is 0.675. The molecule has 3 nitrogen and oxygen atoms in total. The van der Waals surface area contributed by atoms with Gasteiger partial charge in [0.15, 0.2) is 0 Å². The molecule has 1 saturated carbocycles. The molecular weight excluding hydrogens is 210 g/mol. The van der Waals surface area contributed by atoms with Crippen LogP contribution in [0.2, 0.25) is 0 Å². The van der Waals surface area contributed by atoms with E-state index in [1.54, 1.807) is 0 Å². The van der Waals surface area contributed by atoms with E-state index in [2.05, 4.69) is 28.6 Å². The van der Waals surface area contributed by atoms with Gasteiger partial charge in [0.05, 0.1) is 0 Å². The second kappa shape index (κ2) is 6.48. The first-order chi connectivity index (χ1) is 8.38. The summed E-state index contributed by atoms with van der Waals surface area (Å²) in [7, 11) is 0. The number of nitrogens with one attached hydrogen (secondary N) is 2. The van der Waals surface area contributed by atoms with E-state index >= 15 is 0 Å². The summed E-state index contributed by atoms with van der Waals surface area (Å²) in [6.07, 6.45) is 8.58. The fourth-order valence-electron chi connectivity index (χ4n) is 1.92. The molecule has 2 rings (SSSR count). The Kier molecular flexibility index (Phi) is 4.65. The fourth-order valence-corrected chi connectivity index (χ4v) is 1.92. The van der Waals surface area contributed by atoms with Gasteiger partial charge in [0.1, 0.15) is 5.82 Å². The molecule has 17 heavy (non-hydrogen) atoms. The molecule has 0 aromatic carbocycles. The van der Waals surface area contributed by atoms with Crippen LogP contribution in [0.25, 0.3) is 0 Å². The van der Waals surface area contributed by atoms with Gasteiger partial charge in [-0.25, -0.2) is 4.98 Å². The van der Waals surface area contributed by atoms with Crippen molar-refractivity contribution in [1.82, 2.24) is 4.98 Å². The van der Waals surface area contributed by atoms with Crippen molar-refractivity contribution in [2.75, 3.05) is 23.7 Å². The van der Waals surface area contributed by atoms with Crippen LogP contribution in [-0.2, 0) is 0 Å². The SMILES string of the molecule is CCCNc1cc(NCCCC2CC2)ccn1. The van der Waals surface area contributed by atoms with E-state index in [1.165, 1.54) is 31.4 Å². The van der Waals surface area contributed by atoms with Crippen molar-refractivity contribution in [3.05, 3.63) is 18.3 Å². The van der Waals surface area contributed by atoms with Crippen LogP contribution in [0.4, 0.5) is 11.5 Å². The van der Waals surface area contributed by atoms with Crippen LogP contribution in [0.5, 0.6) is 0 Å². The molecule has 2 N–H and O–H groups in total. The molecule has 1 aliphatic carbocycles. The van der Waals surface area contributed by atoms with Crippen LogP contribution in [0.3, 0.4) is 0 Å². The molecule has 0 radical (unpaired) electrons. The average Bonchev–Trinajstić information content (AvgIpc) is 3.17. The lowest BCUT2D eigenvalue weighted by molar-refractivity contribution is 0.687. The lowest BCUT2D eigenvalue weighted by Crippen LogP contribution is -2.05. The molecule has 1 aromatic heterocycles. The van der Waals surface area contributed by atoms with Crippen LogP contribution in [-0.4, -0.2) is 18.1 Å². The summed E-state index contributed by atoms with van der Waals surface area (Å²) < 4.78 is 0. The standard InChI is InChI=1S/C14H23N3/c1-2-8-16-14-11-13(7-10-17-14)15-9-3-4-12-5-6-12/h7,10-12H,2-6,8-9H2,1H3,(H2,15,16,17). The summed E-state index contributed by atoms with van der Waals surface area (Å²) >= 11 is 0. The maximum absolute atomic E-state index is 4.29. The van der Waals surface area contributed by atoms with Crippen molar-refractivity contribution in [3.8, 4) is 0 Å². The van der Waals surface area contributed by atoms with Crippen LogP contribution in [0.1, 0.15) is 39.0 Å². The Morgan fingerprint density at radius 1 is 1.29 bits per heavy atom. The molecule has 0 amide bonds. The summed E-state index contributed by atoms with van der Waals surface area (Å²) in [4.78, 5) is 4.29. The number of rotatable bonds is 8. The van der Waals surface area contributed by atoms with Gasteiger partial charge in [-0.05, 0) is 31.2 Å². The van der Waals surface area contributed by atoms with Gasteiger partial charge in [0.25, 0.3) is 0 Å². The van der Waals surface area contributed by atoms with Gasteiger partial charge in [0.2, 0.25) is 0 Å². The third-order valence-electron chi connectivity index (χ3n) is 3.13. The average molecular weight is 233 g/mol. The molecule has 94 valence electrons. The van der Waals surface area contributed by atoms with Crippen molar-refractivity contribution < 1.29 is 0 Å². The molecule has 1 fully saturated rings. The Hall–Kier alpha value is -1.25. The molecule has 0 bridgehead atoms. The highest BCUT2D eigenvalue weighted by Crippen LogP contribution is 2.33. The summed E-state index contributed by atoms with van der Waals surface area (Å²) in [6, 6.07) is 4.13. The molecule has 0 atom stereocenters. The first-order valence-corrected chi connectivity index (χ1v) is 6.82. The molecule has 0 saturated heterocycles. The summed E-state index contributed by atoms with van der Waals surface area (Å²) in [5.74, 6) is 2.01. The van der Waals surface area contributed by atoms with Crippen molar-refractivity contribution in [2.24, 2.45) is 5.92 Å². The maximum atomic E-state index is 4.29. The van der Waals surface area contributed by atoms with E-state index in [1.807, 2.05) is 12.3 Å². The minimum atomic E-state index is 0.971.